The van der Waals surface area contributed by atoms with Gasteiger partial charge in [0.15, 0.2) is 5.52 Å². The Hall–Kier alpha value is -2.18. The van der Waals surface area contributed by atoms with Crippen LogP contribution in [0.3, 0.4) is 0 Å². The van der Waals surface area contributed by atoms with Gasteiger partial charge in [0.25, 0.3) is 5.56 Å². The molecule has 0 aromatic carbocycles. The van der Waals surface area contributed by atoms with Gasteiger partial charge in [0.05, 0.1) is 6.33 Å². The number of nitrogens with zero attached hydrogens (tertiary/aromatic N) is 3. The molecule has 0 atom stereocenters. The van der Waals surface area contributed by atoms with E-state index in [4.69, 9.17) is 4.84 Å². The third-order valence-corrected chi connectivity index (χ3v) is 1.54. The molecule has 2 heterocycles. The van der Waals surface area contributed by atoms with E-state index < -0.39 is 5.97 Å². The number of fused-ring (bicyclic) bond motifs is 1. The fourth-order valence-corrected chi connectivity index (χ4v) is 1.03. The standard InChI is InChI=1S/C7H6N4O3/c1-4(12)14-11-3-10-5-6(11)8-2-9-7(5)13/h2-3H,1H3,(H,8,9,13). The van der Waals surface area contributed by atoms with Crippen molar-refractivity contribution in [3.05, 3.63) is 23.0 Å². The van der Waals surface area contributed by atoms with E-state index in [0.29, 0.717) is 0 Å². The first-order chi connectivity index (χ1) is 6.68. The summed E-state index contributed by atoms with van der Waals surface area (Å²) >= 11 is 0. The molecule has 72 valence electrons. The van der Waals surface area contributed by atoms with Gasteiger partial charge in [-0.3, -0.25) is 4.79 Å². The summed E-state index contributed by atoms with van der Waals surface area (Å²) in [6.45, 7) is 1.25. The van der Waals surface area contributed by atoms with Crippen LogP contribution in [0.2, 0.25) is 0 Å². The number of imidazole rings is 1. The van der Waals surface area contributed by atoms with Crippen molar-refractivity contribution in [2.45, 2.75) is 6.92 Å². The summed E-state index contributed by atoms with van der Waals surface area (Å²) in [6, 6.07) is 0. The number of carbonyl (C=O) groups excluding carboxylic acids is 1. The topological polar surface area (TPSA) is 89.9 Å². The second kappa shape index (κ2) is 2.95. The van der Waals surface area contributed by atoms with Crippen LogP contribution >= 0.6 is 0 Å². The Kier molecular flexibility index (Phi) is 1.77. The van der Waals surface area contributed by atoms with Crippen LogP contribution < -0.4 is 10.4 Å². The number of hydrogen-bond acceptors (Lipinski definition) is 5. The molecule has 14 heavy (non-hydrogen) atoms. The zero-order valence-electron chi connectivity index (χ0n) is 7.22. The van der Waals surface area contributed by atoms with Crippen molar-refractivity contribution in [3.63, 3.8) is 0 Å². The van der Waals surface area contributed by atoms with Gasteiger partial charge in [-0.05, 0) is 0 Å². The quantitative estimate of drug-likeness (QED) is 0.635. The van der Waals surface area contributed by atoms with Crippen molar-refractivity contribution in [1.29, 1.82) is 0 Å². The Morgan fingerprint density at radius 2 is 2.36 bits per heavy atom. The van der Waals surface area contributed by atoms with Crippen molar-refractivity contribution < 1.29 is 9.63 Å². The lowest BCUT2D eigenvalue weighted by molar-refractivity contribution is -0.141. The van der Waals surface area contributed by atoms with Crippen molar-refractivity contribution >= 4 is 17.1 Å². The molecule has 0 saturated heterocycles. The Balaban J connectivity index is 2.64. The van der Waals surface area contributed by atoms with Crippen molar-refractivity contribution in [1.82, 2.24) is 19.7 Å². The Bertz CT molecular complexity index is 541. The van der Waals surface area contributed by atoms with Crippen molar-refractivity contribution in [2.75, 3.05) is 0 Å². The highest BCUT2D eigenvalue weighted by Crippen LogP contribution is 2.00. The van der Waals surface area contributed by atoms with Crippen LogP contribution in [0.1, 0.15) is 6.92 Å². The molecule has 0 radical (unpaired) electrons. The SMILES string of the molecule is CC(=O)On1cnc2c(=O)[nH]cnc21. The van der Waals surface area contributed by atoms with Gasteiger partial charge in [-0.25, -0.2) is 14.8 Å². The van der Waals surface area contributed by atoms with Crippen LogP contribution in [-0.4, -0.2) is 25.7 Å². The van der Waals surface area contributed by atoms with Crippen LogP contribution in [0.25, 0.3) is 11.2 Å². The number of aromatic nitrogens is 4. The van der Waals surface area contributed by atoms with E-state index in [0.717, 1.165) is 4.73 Å². The molecule has 0 aliphatic heterocycles. The van der Waals surface area contributed by atoms with Crippen LogP contribution in [0.15, 0.2) is 17.4 Å². The molecule has 2 aromatic rings. The molecule has 7 nitrogen and oxygen atoms in total. The normalized spacial score (nSPS) is 10.4. The molecular weight excluding hydrogens is 188 g/mol. The molecule has 2 aromatic heterocycles. The van der Waals surface area contributed by atoms with Gasteiger partial charge < -0.3 is 9.82 Å². The van der Waals surface area contributed by atoms with E-state index in [-0.39, 0.29) is 16.7 Å². The number of nitrogens with one attached hydrogen (secondary N) is 1. The number of carbonyl (C=O) groups is 1. The summed E-state index contributed by atoms with van der Waals surface area (Å²) in [6.07, 6.45) is 2.43. The maximum Gasteiger partial charge on any atom is 0.330 e. The molecule has 7 heteroatoms. The van der Waals surface area contributed by atoms with Crippen LogP contribution in [0.5, 0.6) is 0 Å². The maximum atomic E-state index is 11.2. The van der Waals surface area contributed by atoms with Crippen LogP contribution in [0, 0.1) is 0 Å². The molecule has 0 aliphatic carbocycles. The first kappa shape index (κ1) is 8.42. The van der Waals surface area contributed by atoms with Crippen molar-refractivity contribution in [3.8, 4) is 0 Å². The van der Waals surface area contributed by atoms with Gasteiger partial charge in [0.1, 0.15) is 6.33 Å². The summed E-state index contributed by atoms with van der Waals surface area (Å²) < 4.78 is 1.05. The molecule has 2 rings (SSSR count). The van der Waals surface area contributed by atoms with E-state index >= 15 is 0 Å². The monoisotopic (exact) mass is 194 g/mol. The second-order valence-corrected chi connectivity index (χ2v) is 2.56. The summed E-state index contributed by atoms with van der Waals surface area (Å²) in [5, 5.41) is 0. The van der Waals surface area contributed by atoms with E-state index in [1.807, 2.05) is 0 Å². The smallest absolute Gasteiger partial charge is 0.330 e. The highest BCUT2D eigenvalue weighted by molar-refractivity contribution is 5.71. The second-order valence-electron chi connectivity index (χ2n) is 2.56. The summed E-state index contributed by atoms with van der Waals surface area (Å²) in [5.41, 5.74) is -0.0291. The van der Waals surface area contributed by atoms with E-state index in [9.17, 15) is 9.59 Å². The molecule has 0 bridgehead atoms. The predicted octanol–water partition coefficient (Wildman–Crippen LogP) is -0.905. The van der Waals surface area contributed by atoms with E-state index in [1.165, 1.54) is 19.6 Å². The minimum atomic E-state index is -0.508. The summed E-state index contributed by atoms with van der Waals surface area (Å²) in [7, 11) is 0. The van der Waals surface area contributed by atoms with E-state index in [2.05, 4.69) is 15.0 Å². The van der Waals surface area contributed by atoms with Gasteiger partial charge in [0.2, 0.25) is 5.65 Å². The highest BCUT2D eigenvalue weighted by Gasteiger charge is 2.08. The largest absolute Gasteiger partial charge is 0.334 e. The molecule has 1 N–H and O–H groups in total. The summed E-state index contributed by atoms with van der Waals surface area (Å²) in [5.74, 6) is -0.508. The average molecular weight is 194 g/mol. The third kappa shape index (κ3) is 1.24. The highest BCUT2D eigenvalue weighted by atomic mass is 16.7. The average Bonchev–Trinajstić information content (AvgIpc) is 2.49. The molecule has 0 aliphatic rings. The number of hydrogen-bond donors (Lipinski definition) is 1. The van der Waals surface area contributed by atoms with Gasteiger partial charge in [-0.2, -0.15) is 0 Å². The molecule has 0 amide bonds. The number of rotatable bonds is 1. The molecular formula is C7H6N4O3. The van der Waals surface area contributed by atoms with Gasteiger partial charge >= 0.3 is 5.97 Å². The minimum absolute atomic E-state index is 0.133. The molecule has 0 saturated carbocycles. The Morgan fingerprint density at radius 1 is 1.57 bits per heavy atom. The fourth-order valence-electron chi connectivity index (χ4n) is 1.03. The number of H-pyrrole nitrogens is 1. The lowest BCUT2D eigenvalue weighted by Gasteiger charge is -1.99. The Morgan fingerprint density at radius 3 is 3.07 bits per heavy atom. The fraction of sp³-hybridized carbons (Fsp3) is 0.143. The lowest BCUT2D eigenvalue weighted by atomic mass is 10.5. The maximum absolute atomic E-state index is 11.2. The first-order valence-corrected chi connectivity index (χ1v) is 3.78. The zero-order valence-corrected chi connectivity index (χ0v) is 7.22. The number of aromatic amines is 1. The van der Waals surface area contributed by atoms with Crippen LogP contribution in [0.4, 0.5) is 0 Å². The van der Waals surface area contributed by atoms with Crippen molar-refractivity contribution in [2.24, 2.45) is 0 Å². The van der Waals surface area contributed by atoms with E-state index in [1.54, 1.807) is 0 Å². The third-order valence-electron chi connectivity index (χ3n) is 1.54. The zero-order chi connectivity index (χ0) is 10.1. The van der Waals surface area contributed by atoms with Gasteiger partial charge in [-0.15, -0.1) is 4.73 Å². The predicted molar refractivity (Wildman–Crippen MR) is 45.4 cm³/mol. The summed E-state index contributed by atoms with van der Waals surface area (Å²) in [4.78, 5) is 36.5. The lowest BCUT2D eigenvalue weighted by Crippen LogP contribution is -2.16. The first-order valence-electron chi connectivity index (χ1n) is 3.78. The molecule has 0 spiro atoms. The molecule has 0 unspecified atom stereocenters. The van der Waals surface area contributed by atoms with Gasteiger partial charge in [0, 0.05) is 6.92 Å². The Labute approximate surface area is 77.3 Å². The van der Waals surface area contributed by atoms with Crippen LogP contribution in [-0.2, 0) is 4.79 Å². The molecule has 0 fully saturated rings. The van der Waals surface area contributed by atoms with Gasteiger partial charge in [-0.1, -0.05) is 0 Å². The minimum Gasteiger partial charge on any atom is -0.334 e.